The summed E-state index contributed by atoms with van der Waals surface area (Å²) in [5.41, 5.74) is 3.38. The van der Waals surface area contributed by atoms with Crippen LogP contribution in [0.4, 0.5) is 5.69 Å². The third-order valence-corrected chi connectivity index (χ3v) is 4.91. The first-order chi connectivity index (χ1) is 14.2. The normalized spacial score (nSPS) is 10.7. The van der Waals surface area contributed by atoms with Crippen molar-refractivity contribution in [1.82, 2.24) is 0 Å². The van der Waals surface area contributed by atoms with E-state index in [2.05, 4.69) is 55.6 Å². The Balaban J connectivity index is 1.81. The second kappa shape index (κ2) is 13.9. The molecule has 2 rings (SSSR count). The molecular weight excluding hydrogens is 362 g/mol. The Bertz CT molecular complexity index is 702. The number of aliphatic hydroxyl groups excluding tert-OH is 1. The van der Waals surface area contributed by atoms with E-state index in [-0.39, 0.29) is 6.61 Å². The first kappa shape index (κ1) is 23.1. The largest absolute Gasteiger partial charge is 0.494 e. The van der Waals surface area contributed by atoms with Crippen LogP contribution in [-0.4, -0.2) is 24.9 Å². The SMILES string of the molecule is CCCCCCOc1cccc(CNc2ccc(C)c(OCCCCCO)c2)c1. The van der Waals surface area contributed by atoms with Crippen molar-refractivity contribution in [1.29, 1.82) is 0 Å². The minimum atomic E-state index is 0.254. The molecule has 29 heavy (non-hydrogen) atoms. The van der Waals surface area contributed by atoms with Crippen LogP contribution in [0, 0.1) is 6.92 Å². The number of rotatable bonds is 15. The van der Waals surface area contributed by atoms with Crippen LogP contribution in [0.3, 0.4) is 0 Å². The highest BCUT2D eigenvalue weighted by Crippen LogP contribution is 2.24. The molecule has 2 N–H and O–H groups in total. The third-order valence-electron chi connectivity index (χ3n) is 4.91. The van der Waals surface area contributed by atoms with Crippen LogP contribution in [-0.2, 0) is 6.54 Å². The number of nitrogens with one attached hydrogen (secondary N) is 1. The quantitative estimate of drug-likeness (QED) is 0.355. The van der Waals surface area contributed by atoms with Crippen LogP contribution in [0.25, 0.3) is 0 Å². The predicted molar refractivity (Wildman–Crippen MR) is 121 cm³/mol. The van der Waals surface area contributed by atoms with Crippen LogP contribution >= 0.6 is 0 Å². The van der Waals surface area contributed by atoms with Crippen molar-refractivity contribution >= 4 is 5.69 Å². The van der Waals surface area contributed by atoms with Gasteiger partial charge in [0, 0.05) is 24.9 Å². The molecule has 2 aromatic rings. The molecule has 0 aromatic heterocycles. The van der Waals surface area contributed by atoms with E-state index >= 15 is 0 Å². The van der Waals surface area contributed by atoms with Crippen molar-refractivity contribution in [2.45, 2.75) is 65.3 Å². The van der Waals surface area contributed by atoms with Crippen molar-refractivity contribution in [2.24, 2.45) is 0 Å². The fourth-order valence-electron chi connectivity index (χ4n) is 3.11. The lowest BCUT2D eigenvalue weighted by atomic mass is 10.1. The molecule has 0 saturated carbocycles. The summed E-state index contributed by atoms with van der Waals surface area (Å²) in [5, 5.41) is 12.3. The lowest BCUT2D eigenvalue weighted by Gasteiger charge is -2.13. The van der Waals surface area contributed by atoms with E-state index in [9.17, 15) is 0 Å². The van der Waals surface area contributed by atoms with E-state index in [1.54, 1.807) is 0 Å². The highest BCUT2D eigenvalue weighted by atomic mass is 16.5. The van der Waals surface area contributed by atoms with Crippen LogP contribution in [0.2, 0.25) is 0 Å². The van der Waals surface area contributed by atoms with Crippen molar-refractivity contribution in [3.05, 3.63) is 53.6 Å². The molecule has 4 nitrogen and oxygen atoms in total. The summed E-state index contributed by atoms with van der Waals surface area (Å²) in [5.74, 6) is 1.86. The van der Waals surface area contributed by atoms with E-state index in [1.165, 1.54) is 24.8 Å². The molecule has 0 amide bonds. The van der Waals surface area contributed by atoms with Gasteiger partial charge in [-0.05, 0) is 61.9 Å². The van der Waals surface area contributed by atoms with E-state index in [0.29, 0.717) is 6.61 Å². The molecule has 0 bridgehead atoms. The Hall–Kier alpha value is -2.20. The highest BCUT2D eigenvalue weighted by Gasteiger charge is 2.03. The zero-order valence-electron chi connectivity index (χ0n) is 18.1. The maximum atomic E-state index is 8.85. The summed E-state index contributed by atoms with van der Waals surface area (Å²) in [6.45, 7) is 6.75. The number of aryl methyl sites for hydroxylation is 1. The second-order valence-corrected chi connectivity index (χ2v) is 7.52. The number of hydrogen-bond donors (Lipinski definition) is 2. The molecule has 0 aliphatic heterocycles. The van der Waals surface area contributed by atoms with Crippen molar-refractivity contribution in [2.75, 3.05) is 25.1 Å². The summed E-state index contributed by atoms with van der Waals surface area (Å²) in [4.78, 5) is 0. The monoisotopic (exact) mass is 399 g/mol. The van der Waals surface area contributed by atoms with Gasteiger partial charge in [-0.1, -0.05) is 44.4 Å². The van der Waals surface area contributed by atoms with Gasteiger partial charge in [0.2, 0.25) is 0 Å². The van der Waals surface area contributed by atoms with Gasteiger partial charge in [-0.15, -0.1) is 0 Å². The zero-order valence-corrected chi connectivity index (χ0v) is 18.1. The lowest BCUT2D eigenvalue weighted by molar-refractivity contribution is 0.265. The standard InChI is InChI=1S/C25H37NO3/c1-3-4-5-8-16-28-24-12-10-11-22(18-24)20-26-23-14-13-21(2)25(19-23)29-17-9-6-7-15-27/h10-14,18-19,26-27H,3-9,15-17,20H2,1-2H3. The summed E-state index contributed by atoms with van der Waals surface area (Å²) in [6, 6.07) is 14.5. The summed E-state index contributed by atoms with van der Waals surface area (Å²) in [7, 11) is 0. The Morgan fingerprint density at radius 2 is 1.66 bits per heavy atom. The lowest BCUT2D eigenvalue weighted by Crippen LogP contribution is -2.03. The van der Waals surface area contributed by atoms with Crippen LogP contribution in [0.1, 0.15) is 63.0 Å². The fourth-order valence-corrected chi connectivity index (χ4v) is 3.11. The average molecular weight is 400 g/mol. The number of ether oxygens (including phenoxy) is 2. The number of benzene rings is 2. The summed E-state index contributed by atoms with van der Waals surface area (Å²) >= 11 is 0. The number of anilines is 1. The Kier molecular flexibility index (Phi) is 11.1. The van der Waals surface area contributed by atoms with Gasteiger partial charge in [-0.25, -0.2) is 0 Å². The van der Waals surface area contributed by atoms with E-state index < -0.39 is 0 Å². The van der Waals surface area contributed by atoms with Gasteiger partial charge < -0.3 is 19.9 Å². The Morgan fingerprint density at radius 1 is 0.862 bits per heavy atom. The molecule has 0 spiro atoms. The first-order valence-corrected chi connectivity index (χ1v) is 11.0. The number of aliphatic hydroxyl groups is 1. The smallest absolute Gasteiger partial charge is 0.124 e. The molecule has 0 fully saturated rings. The molecule has 2 aromatic carbocycles. The maximum Gasteiger partial charge on any atom is 0.124 e. The highest BCUT2D eigenvalue weighted by molar-refractivity contribution is 5.52. The molecule has 160 valence electrons. The van der Waals surface area contributed by atoms with Crippen molar-refractivity contribution in [3.8, 4) is 11.5 Å². The molecule has 0 aliphatic carbocycles. The average Bonchev–Trinajstić information content (AvgIpc) is 2.74. The fraction of sp³-hybridized carbons (Fsp3) is 0.520. The minimum Gasteiger partial charge on any atom is -0.494 e. The zero-order chi connectivity index (χ0) is 20.7. The van der Waals surface area contributed by atoms with Gasteiger partial charge in [-0.3, -0.25) is 0 Å². The maximum absolute atomic E-state index is 8.85. The number of unbranched alkanes of at least 4 members (excludes halogenated alkanes) is 5. The van der Waals surface area contributed by atoms with Crippen LogP contribution < -0.4 is 14.8 Å². The molecule has 4 heteroatoms. The topological polar surface area (TPSA) is 50.7 Å². The van der Waals surface area contributed by atoms with Crippen LogP contribution in [0.5, 0.6) is 11.5 Å². The van der Waals surface area contributed by atoms with Gasteiger partial charge in [-0.2, -0.15) is 0 Å². The molecule has 0 radical (unpaired) electrons. The van der Waals surface area contributed by atoms with E-state index in [4.69, 9.17) is 14.6 Å². The molecule has 0 saturated heterocycles. The summed E-state index contributed by atoms with van der Waals surface area (Å²) < 4.78 is 11.8. The van der Waals surface area contributed by atoms with Gasteiger partial charge >= 0.3 is 0 Å². The number of hydrogen-bond acceptors (Lipinski definition) is 4. The minimum absolute atomic E-state index is 0.254. The first-order valence-electron chi connectivity index (χ1n) is 11.0. The molecule has 0 atom stereocenters. The predicted octanol–water partition coefficient (Wildman–Crippen LogP) is 6.11. The van der Waals surface area contributed by atoms with Gasteiger partial charge in [0.1, 0.15) is 11.5 Å². The van der Waals surface area contributed by atoms with Crippen LogP contribution in [0.15, 0.2) is 42.5 Å². The Labute approximate surface area is 176 Å². The van der Waals surface area contributed by atoms with E-state index in [1.807, 2.05) is 6.07 Å². The molecule has 0 aliphatic rings. The van der Waals surface area contributed by atoms with Crippen molar-refractivity contribution < 1.29 is 14.6 Å². The molecule has 0 heterocycles. The van der Waals surface area contributed by atoms with Gasteiger partial charge in [0.15, 0.2) is 0 Å². The Morgan fingerprint density at radius 3 is 2.45 bits per heavy atom. The second-order valence-electron chi connectivity index (χ2n) is 7.52. The van der Waals surface area contributed by atoms with Gasteiger partial charge in [0.05, 0.1) is 13.2 Å². The summed E-state index contributed by atoms with van der Waals surface area (Å²) in [6.07, 6.45) is 7.66. The molecule has 0 unspecified atom stereocenters. The van der Waals surface area contributed by atoms with Gasteiger partial charge in [0.25, 0.3) is 0 Å². The molecular formula is C25H37NO3. The van der Waals surface area contributed by atoms with E-state index in [0.717, 1.165) is 61.6 Å². The third kappa shape index (κ3) is 9.23. The van der Waals surface area contributed by atoms with Crippen molar-refractivity contribution in [3.63, 3.8) is 0 Å².